The second kappa shape index (κ2) is 18.5. The van der Waals surface area contributed by atoms with Gasteiger partial charge in [-0.3, -0.25) is 4.57 Å². The fraction of sp³-hybridized carbons (Fsp3) is 0.243. The molecule has 0 amide bonds. The third-order valence-electron chi connectivity index (χ3n) is 15.5. The summed E-state index contributed by atoms with van der Waals surface area (Å²) in [6.45, 7) is 19.7. The smallest absolute Gasteiger partial charge is 0.137 e. The first kappa shape index (κ1) is 42.5. The summed E-state index contributed by atoms with van der Waals surface area (Å²) in [4.78, 5) is 9.45. The first-order chi connectivity index (χ1) is 38.1. The Balaban J connectivity index is 0.998. The Morgan fingerprint density at radius 1 is 0.600 bits per heavy atom. The van der Waals surface area contributed by atoms with Crippen molar-refractivity contribution in [2.24, 2.45) is 5.92 Å². The number of hydrogen-bond acceptors (Lipinski definition) is 4. The zero-order valence-corrected chi connectivity index (χ0v) is 44.6. The van der Waals surface area contributed by atoms with Crippen molar-refractivity contribution in [3.05, 3.63) is 216 Å². The Kier molecular flexibility index (Phi) is 10.5. The number of benzene rings is 8. The average Bonchev–Trinajstić information content (AvgIpc) is 2.87. The Morgan fingerprint density at radius 3 is 2.04 bits per heavy atom. The van der Waals surface area contributed by atoms with E-state index in [2.05, 4.69) is 178 Å². The van der Waals surface area contributed by atoms with Crippen molar-refractivity contribution >= 4 is 44.6 Å². The first-order valence-corrected chi connectivity index (χ1v) is 26.5. The highest BCUT2D eigenvalue weighted by Gasteiger charge is 2.38. The fourth-order valence-corrected chi connectivity index (χ4v) is 11.4. The van der Waals surface area contributed by atoms with Crippen LogP contribution in [0.3, 0.4) is 0 Å². The number of nitrogens with zero attached hydrogens (tertiary/aromatic N) is 4. The molecule has 5 heteroatoms. The van der Waals surface area contributed by atoms with E-state index in [-0.39, 0.29) is 34.2 Å². The average molecular weight is 986 g/mol. The van der Waals surface area contributed by atoms with Gasteiger partial charge in [0.2, 0.25) is 0 Å². The molecule has 0 spiro atoms. The topological polar surface area (TPSA) is 33.5 Å². The molecule has 374 valence electrons. The lowest BCUT2D eigenvalue weighted by Gasteiger charge is -2.42. The van der Waals surface area contributed by atoms with Crippen LogP contribution in [-0.4, -0.2) is 16.2 Å². The van der Waals surface area contributed by atoms with Crippen molar-refractivity contribution in [2.45, 2.75) is 97.8 Å². The molecule has 0 atom stereocenters. The van der Waals surface area contributed by atoms with E-state index in [1.165, 1.54) is 5.56 Å². The summed E-state index contributed by atoms with van der Waals surface area (Å²) in [5.41, 5.74) is 13.6. The predicted octanol–water partition coefficient (Wildman–Crippen LogP) is 19.1. The summed E-state index contributed by atoms with van der Waals surface area (Å²) in [6, 6.07) is 59.0. The second-order valence-electron chi connectivity index (χ2n) is 23.2. The van der Waals surface area contributed by atoms with Crippen LogP contribution in [0.15, 0.2) is 194 Å². The monoisotopic (exact) mass is 986 g/mol. The maximum Gasteiger partial charge on any atom is 0.137 e. The Labute approximate surface area is 451 Å². The molecule has 0 fully saturated rings. The van der Waals surface area contributed by atoms with Gasteiger partial charge in [0.25, 0.3) is 0 Å². The number of para-hydroxylation sites is 4. The summed E-state index contributed by atoms with van der Waals surface area (Å²) in [5.74, 6) is 1.70. The zero-order chi connectivity index (χ0) is 56.2. The molecular weight excluding hydrogens is 913 g/mol. The lowest BCUT2D eigenvalue weighted by atomic mass is 9.63. The summed E-state index contributed by atoms with van der Waals surface area (Å²) >= 11 is 0. The van der Waals surface area contributed by atoms with Gasteiger partial charge in [0.1, 0.15) is 24.0 Å². The van der Waals surface area contributed by atoms with Crippen LogP contribution in [0, 0.1) is 5.92 Å². The lowest BCUT2D eigenvalue weighted by Crippen LogP contribution is -2.33. The minimum Gasteiger partial charge on any atom is -0.457 e. The van der Waals surface area contributed by atoms with Crippen LogP contribution >= 0.6 is 0 Å². The molecule has 75 heavy (non-hydrogen) atoms. The molecule has 1 aliphatic heterocycles. The minimum atomic E-state index is -1.54. The highest BCUT2D eigenvalue weighted by atomic mass is 16.5. The molecule has 2 aromatic heterocycles. The molecule has 0 saturated carbocycles. The maximum absolute atomic E-state index is 10.3. The van der Waals surface area contributed by atoms with Gasteiger partial charge < -0.3 is 14.5 Å². The minimum absolute atomic E-state index is 0.0812. The summed E-state index contributed by atoms with van der Waals surface area (Å²) in [7, 11) is 0. The van der Waals surface area contributed by atoms with Gasteiger partial charge in [-0.25, -0.2) is 4.98 Å². The fourth-order valence-electron chi connectivity index (χ4n) is 11.4. The van der Waals surface area contributed by atoms with E-state index in [0.717, 1.165) is 96.3 Å². The van der Waals surface area contributed by atoms with Crippen molar-refractivity contribution in [3.8, 4) is 50.7 Å². The highest BCUT2D eigenvalue weighted by molar-refractivity contribution is 6.09. The van der Waals surface area contributed by atoms with Crippen LogP contribution in [0.2, 0.25) is 0 Å². The number of rotatable bonds is 10. The van der Waals surface area contributed by atoms with Crippen LogP contribution < -0.4 is 14.5 Å². The maximum atomic E-state index is 10.3. The van der Waals surface area contributed by atoms with E-state index in [1.54, 1.807) is 12.3 Å². The molecule has 0 bridgehead atoms. The number of hydrogen-bond donors (Lipinski definition) is 0. The van der Waals surface area contributed by atoms with Crippen molar-refractivity contribution < 1.29 is 11.6 Å². The molecule has 0 radical (unpaired) electrons. The number of pyridine rings is 1. The molecule has 1 aliphatic carbocycles. The molecule has 0 unspecified atom stereocenters. The van der Waals surface area contributed by atoms with E-state index in [4.69, 9.17) is 12.5 Å². The van der Waals surface area contributed by atoms with Gasteiger partial charge in [0, 0.05) is 48.7 Å². The molecular formula is C70H68N4O. The molecule has 0 saturated heterocycles. The standard InChI is InChI=1S/C70H68N4O/c1-46(2)37-47-33-36-71-66(38-47)74-62-26-14-13-23-58(62)59-31-30-55(44-65(59)74)75-54-22-17-21-53(43-54)72-45-73(64-28-16-15-27-63(64)72)67-56(49-29-32-60-61(42-49)70(8,9)35-34-69(60,6)7)24-18-25-57(67)51-39-50(48-19-11-10-12-20-48)40-52(41-51)68(3,4)5/h10-33,36,38-44,46H,34-35,37,45H2,1-9H3/i29D,32D,37D2,42D. The summed E-state index contributed by atoms with van der Waals surface area (Å²) in [6.07, 6.45) is 1.92. The first-order valence-electron chi connectivity index (χ1n) is 29.0. The number of ether oxygens (including phenoxy) is 1. The van der Waals surface area contributed by atoms with Crippen LogP contribution in [0.1, 0.15) is 104 Å². The van der Waals surface area contributed by atoms with Crippen LogP contribution in [0.5, 0.6) is 11.5 Å². The molecule has 3 heterocycles. The summed E-state index contributed by atoms with van der Waals surface area (Å²) in [5, 5.41) is 2.10. The zero-order valence-electron chi connectivity index (χ0n) is 49.6. The molecule has 0 N–H and O–H groups in total. The van der Waals surface area contributed by atoms with Gasteiger partial charge >= 0.3 is 0 Å². The van der Waals surface area contributed by atoms with Crippen molar-refractivity contribution in [1.82, 2.24) is 9.55 Å². The van der Waals surface area contributed by atoms with E-state index in [9.17, 15) is 4.11 Å². The van der Waals surface area contributed by atoms with Crippen LogP contribution in [0.4, 0.5) is 22.7 Å². The van der Waals surface area contributed by atoms with Gasteiger partial charge in [-0.05, 0) is 147 Å². The van der Waals surface area contributed by atoms with Gasteiger partial charge in [-0.15, -0.1) is 0 Å². The van der Waals surface area contributed by atoms with E-state index < -0.39 is 6.37 Å². The molecule has 10 aromatic rings. The van der Waals surface area contributed by atoms with Crippen molar-refractivity contribution in [3.63, 3.8) is 0 Å². The van der Waals surface area contributed by atoms with Gasteiger partial charge in [0.15, 0.2) is 0 Å². The lowest BCUT2D eigenvalue weighted by molar-refractivity contribution is 0.332. The van der Waals surface area contributed by atoms with Crippen LogP contribution in [0.25, 0.3) is 61.0 Å². The normalized spacial score (nSPS) is 16.1. The van der Waals surface area contributed by atoms with Gasteiger partial charge in [-0.2, -0.15) is 0 Å². The number of aromatic nitrogens is 2. The molecule has 2 aliphatic rings. The van der Waals surface area contributed by atoms with E-state index in [0.29, 0.717) is 41.2 Å². The van der Waals surface area contributed by atoms with Gasteiger partial charge in [0.05, 0.1) is 32.2 Å². The quantitative estimate of drug-likeness (QED) is 0.137. The number of fused-ring (bicyclic) bond motifs is 5. The third-order valence-corrected chi connectivity index (χ3v) is 15.5. The Morgan fingerprint density at radius 2 is 1.27 bits per heavy atom. The SMILES string of the molecule is [2H]c1c([2H])c2c(c([2H])c1-c1cccc(-c3cc(-c4ccccc4)cc(C(C)(C)C)c3)c1N1CN(c3cccc(Oc4ccc5c6ccccc6n(-c6cc(C([2H])([2H])C(C)C)ccn6)c5c4)c3)c3ccccc31)C(C)(C)CCC2(C)C. The second-order valence-corrected chi connectivity index (χ2v) is 23.2. The largest absolute Gasteiger partial charge is 0.457 e. The highest BCUT2D eigenvalue weighted by Crippen LogP contribution is 2.53. The molecule has 5 nitrogen and oxygen atoms in total. The van der Waals surface area contributed by atoms with Crippen LogP contribution in [-0.2, 0) is 22.6 Å². The van der Waals surface area contributed by atoms with E-state index in [1.807, 2.05) is 62.4 Å². The van der Waals surface area contributed by atoms with E-state index >= 15 is 0 Å². The van der Waals surface area contributed by atoms with Crippen molar-refractivity contribution in [1.29, 1.82) is 0 Å². The Bertz CT molecular complexity index is 4080. The third kappa shape index (κ3) is 8.86. The van der Waals surface area contributed by atoms with Crippen molar-refractivity contribution in [2.75, 3.05) is 16.5 Å². The molecule has 12 rings (SSSR count). The predicted molar refractivity (Wildman–Crippen MR) is 316 cm³/mol. The Hall–Kier alpha value is -7.89. The summed E-state index contributed by atoms with van der Waals surface area (Å²) < 4.78 is 56.8. The number of anilines is 4. The van der Waals surface area contributed by atoms with Gasteiger partial charge in [-0.1, -0.05) is 178 Å². The molecule has 8 aromatic carbocycles.